The zero-order chi connectivity index (χ0) is 12.3. The lowest BCUT2D eigenvalue weighted by atomic mass is 10.1. The summed E-state index contributed by atoms with van der Waals surface area (Å²) < 4.78 is 5.29. The molecule has 1 aliphatic heterocycles. The highest BCUT2D eigenvalue weighted by molar-refractivity contribution is 5.85. The van der Waals surface area contributed by atoms with Crippen LogP contribution < -0.4 is 5.32 Å². The van der Waals surface area contributed by atoms with Gasteiger partial charge >= 0.3 is 5.88 Å². The largest absolute Gasteiger partial charge is 0.433 e. The Morgan fingerprint density at radius 1 is 1.42 bits per heavy atom. The van der Waals surface area contributed by atoms with Crippen molar-refractivity contribution in [2.24, 2.45) is 0 Å². The Hall–Kier alpha value is -0.820. The number of piperazine rings is 1. The van der Waals surface area contributed by atoms with E-state index in [0.29, 0.717) is 5.76 Å². The van der Waals surface area contributed by atoms with Gasteiger partial charge < -0.3 is 9.73 Å². The van der Waals surface area contributed by atoms with E-state index in [4.69, 9.17) is 4.42 Å². The van der Waals surface area contributed by atoms with Gasteiger partial charge in [-0.2, -0.15) is 0 Å². The molecule has 0 radical (unpaired) electrons. The fraction of sp³-hybridized carbons (Fsp3) is 0.636. The average Bonchev–Trinajstić information content (AvgIpc) is 2.81. The van der Waals surface area contributed by atoms with Crippen LogP contribution in [0, 0.1) is 10.1 Å². The molecule has 0 amide bonds. The van der Waals surface area contributed by atoms with Gasteiger partial charge in [-0.05, 0) is 12.5 Å². The first-order valence-corrected chi connectivity index (χ1v) is 5.91. The van der Waals surface area contributed by atoms with Crippen molar-refractivity contribution in [1.29, 1.82) is 0 Å². The number of furan rings is 1. The average molecular weight is 312 g/mol. The fourth-order valence-electron chi connectivity index (χ4n) is 2.25. The topological polar surface area (TPSA) is 71.5 Å². The lowest BCUT2D eigenvalue weighted by Gasteiger charge is -2.33. The highest BCUT2D eigenvalue weighted by Gasteiger charge is 2.25. The molecule has 0 spiro atoms. The number of halogens is 2. The molecule has 0 unspecified atom stereocenters. The number of rotatable bonds is 4. The van der Waals surface area contributed by atoms with E-state index in [1.54, 1.807) is 6.07 Å². The molecule has 0 bridgehead atoms. The zero-order valence-corrected chi connectivity index (χ0v) is 12.3. The summed E-state index contributed by atoms with van der Waals surface area (Å²) in [5.74, 6) is 0.523. The SMILES string of the molecule is CC[C@H](c1ccc([N+](=O)[O-])o1)N1CCNCC1.Cl.Cl. The summed E-state index contributed by atoms with van der Waals surface area (Å²) >= 11 is 0. The Balaban J connectivity index is 0.00000162. The maximum atomic E-state index is 10.6. The first-order valence-electron chi connectivity index (χ1n) is 5.91. The third kappa shape index (κ3) is 4.35. The van der Waals surface area contributed by atoms with Gasteiger partial charge in [-0.15, -0.1) is 24.8 Å². The summed E-state index contributed by atoms with van der Waals surface area (Å²) in [6, 6.07) is 3.29. The van der Waals surface area contributed by atoms with Crippen LogP contribution >= 0.6 is 24.8 Å². The van der Waals surface area contributed by atoms with Gasteiger partial charge in [0.25, 0.3) is 0 Å². The minimum atomic E-state index is -0.492. The second-order valence-corrected chi connectivity index (χ2v) is 4.14. The molecule has 2 rings (SSSR count). The third-order valence-corrected chi connectivity index (χ3v) is 3.10. The molecule has 0 saturated carbocycles. The zero-order valence-electron chi connectivity index (χ0n) is 10.7. The minimum Gasteiger partial charge on any atom is -0.404 e. The Bertz CT molecular complexity index is 394. The van der Waals surface area contributed by atoms with Gasteiger partial charge in [0.05, 0.1) is 12.1 Å². The first kappa shape index (κ1) is 18.2. The maximum Gasteiger partial charge on any atom is 0.433 e. The quantitative estimate of drug-likeness (QED) is 0.683. The summed E-state index contributed by atoms with van der Waals surface area (Å²) in [4.78, 5) is 12.4. The van der Waals surface area contributed by atoms with Crippen LogP contribution in [0.3, 0.4) is 0 Å². The van der Waals surface area contributed by atoms with E-state index in [1.807, 2.05) is 0 Å². The lowest BCUT2D eigenvalue weighted by molar-refractivity contribution is -0.402. The van der Waals surface area contributed by atoms with Crippen LogP contribution in [0.25, 0.3) is 0 Å². The second-order valence-electron chi connectivity index (χ2n) is 4.14. The maximum absolute atomic E-state index is 10.6. The molecule has 0 aromatic carbocycles. The minimum absolute atomic E-state index is 0. The van der Waals surface area contributed by atoms with Crippen molar-refractivity contribution in [2.75, 3.05) is 26.2 Å². The van der Waals surface area contributed by atoms with E-state index < -0.39 is 4.92 Å². The molecule has 110 valence electrons. The molecule has 1 aromatic rings. The molecular formula is C11H19Cl2N3O3. The van der Waals surface area contributed by atoms with Crippen molar-refractivity contribution in [3.8, 4) is 0 Å². The summed E-state index contributed by atoms with van der Waals surface area (Å²) in [6.45, 7) is 5.89. The molecule has 1 N–H and O–H groups in total. The summed E-state index contributed by atoms with van der Waals surface area (Å²) in [7, 11) is 0. The van der Waals surface area contributed by atoms with Gasteiger partial charge in [-0.1, -0.05) is 6.92 Å². The summed E-state index contributed by atoms with van der Waals surface area (Å²) in [6.07, 6.45) is 0.894. The van der Waals surface area contributed by atoms with Gasteiger partial charge in [0.1, 0.15) is 10.7 Å². The smallest absolute Gasteiger partial charge is 0.404 e. The summed E-state index contributed by atoms with van der Waals surface area (Å²) in [5.41, 5.74) is 0. The van der Waals surface area contributed by atoms with Crippen LogP contribution in [-0.2, 0) is 0 Å². The number of hydrogen-bond donors (Lipinski definition) is 1. The van der Waals surface area contributed by atoms with Gasteiger partial charge in [0.15, 0.2) is 0 Å². The van der Waals surface area contributed by atoms with E-state index in [0.717, 1.165) is 32.6 Å². The van der Waals surface area contributed by atoms with Gasteiger partial charge in [0.2, 0.25) is 0 Å². The molecule has 8 heteroatoms. The fourth-order valence-corrected chi connectivity index (χ4v) is 2.25. The van der Waals surface area contributed by atoms with Gasteiger partial charge in [0, 0.05) is 26.2 Å². The molecule has 1 aromatic heterocycles. The Labute approximate surface area is 124 Å². The normalized spacial score (nSPS) is 17.1. The number of nitrogens with one attached hydrogen (secondary N) is 1. The van der Waals surface area contributed by atoms with Crippen molar-refractivity contribution in [2.45, 2.75) is 19.4 Å². The Morgan fingerprint density at radius 3 is 2.53 bits per heavy atom. The van der Waals surface area contributed by atoms with Crippen LogP contribution in [0.1, 0.15) is 25.1 Å². The van der Waals surface area contributed by atoms with E-state index in [1.165, 1.54) is 6.07 Å². The molecule has 1 atom stereocenters. The van der Waals surface area contributed by atoms with E-state index >= 15 is 0 Å². The van der Waals surface area contributed by atoms with Crippen molar-refractivity contribution in [3.63, 3.8) is 0 Å². The molecule has 1 aliphatic rings. The van der Waals surface area contributed by atoms with E-state index in [9.17, 15) is 10.1 Å². The molecule has 19 heavy (non-hydrogen) atoms. The third-order valence-electron chi connectivity index (χ3n) is 3.10. The highest BCUT2D eigenvalue weighted by atomic mass is 35.5. The second kappa shape index (κ2) is 8.37. The molecule has 1 saturated heterocycles. The van der Waals surface area contributed by atoms with Crippen LogP contribution in [0.15, 0.2) is 16.5 Å². The molecule has 1 fully saturated rings. The predicted molar refractivity (Wildman–Crippen MR) is 77.3 cm³/mol. The van der Waals surface area contributed by atoms with Gasteiger partial charge in [-0.25, -0.2) is 0 Å². The van der Waals surface area contributed by atoms with E-state index in [2.05, 4.69) is 17.1 Å². The highest BCUT2D eigenvalue weighted by Crippen LogP contribution is 2.28. The number of nitrogens with zero attached hydrogens (tertiary/aromatic N) is 2. The van der Waals surface area contributed by atoms with Crippen LogP contribution in [0.4, 0.5) is 5.88 Å². The standard InChI is InChI=1S/C11H17N3O3.2ClH/c1-2-9(13-7-5-12-6-8-13)10-3-4-11(17-10)14(15)16;;/h3-4,9,12H,2,5-8H2,1H3;2*1H/t9-;;/m1../s1. The molecule has 0 aliphatic carbocycles. The predicted octanol–water partition coefficient (Wildman–Crippen LogP) is 2.39. The van der Waals surface area contributed by atoms with Crippen molar-refractivity contribution >= 4 is 30.7 Å². The lowest BCUT2D eigenvalue weighted by Crippen LogP contribution is -2.44. The van der Waals surface area contributed by atoms with Crippen LogP contribution in [-0.4, -0.2) is 36.0 Å². The van der Waals surface area contributed by atoms with Gasteiger partial charge in [-0.3, -0.25) is 15.0 Å². The van der Waals surface area contributed by atoms with Crippen LogP contribution in [0.5, 0.6) is 0 Å². The molecule has 2 heterocycles. The first-order chi connectivity index (χ1) is 8.22. The van der Waals surface area contributed by atoms with Crippen molar-refractivity contribution in [1.82, 2.24) is 10.2 Å². The van der Waals surface area contributed by atoms with E-state index in [-0.39, 0.29) is 36.7 Å². The number of nitro groups is 1. The molecule has 6 nitrogen and oxygen atoms in total. The molecular weight excluding hydrogens is 293 g/mol. The van der Waals surface area contributed by atoms with Crippen LogP contribution in [0.2, 0.25) is 0 Å². The Morgan fingerprint density at radius 2 is 2.05 bits per heavy atom. The Kier molecular flexibility index (Phi) is 8.01. The monoisotopic (exact) mass is 311 g/mol. The summed E-state index contributed by atoms with van der Waals surface area (Å²) in [5, 5.41) is 13.9. The number of hydrogen-bond acceptors (Lipinski definition) is 5. The van der Waals surface area contributed by atoms with Crippen molar-refractivity contribution in [3.05, 3.63) is 28.0 Å². The van der Waals surface area contributed by atoms with Crippen molar-refractivity contribution < 1.29 is 9.34 Å².